The molecule has 3 nitrogen and oxygen atoms in total. The number of methoxy groups -OCH3 is 3. The molecule has 3 heteroatoms. The molecule has 0 aliphatic carbocycles. The molecule has 0 radical (unpaired) electrons. The highest BCUT2D eigenvalue weighted by atomic mass is 16.5. The molecule has 0 aromatic heterocycles. The molecule has 0 heterocycles. The zero-order valence-corrected chi connectivity index (χ0v) is 11.8. The summed E-state index contributed by atoms with van der Waals surface area (Å²) in [4.78, 5) is 0. The van der Waals surface area contributed by atoms with Crippen LogP contribution in [0.3, 0.4) is 0 Å². The molecule has 102 valence electrons. The summed E-state index contributed by atoms with van der Waals surface area (Å²) in [7, 11) is 4.88. The predicted molar refractivity (Wildman–Crippen MR) is 78.5 cm³/mol. The van der Waals surface area contributed by atoms with Crippen LogP contribution in [0.5, 0.6) is 17.2 Å². The van der Waals surface area contributed by atoms with Crippen LogP contribution in [-0.4, -0.2) is 21.3 Å². The molecule has 0 unspecified atom stereocenters. The van der Waals surface area contributed by atoms with E-state index in [1.165, 1.54) is 0 Å². The molecule has 0 aliphatic rings. The number of benzene rings is 2. The van der Waals surface area contributed by atoms with Crippen LogP contribution in [0, 0.1) is 11.8 Å². The van der Waals surface area contributed by atoms with Gasteiger partial charge in [0.25, 0.3) is 0 Å². The molecule has 0 atom stereocenters. The van der Waals surface area contributed by atoms with Crippen molar-refractivity contribution in [3.8, 4) is 29.1 Å². The van der Waals surface area contributed by atoms with E-state index in [-0.39, 0.29) is 0 Å². The van der Waals surface area contributed by atoms with Gasteiger partial charge in [-0.1, -0.05) is 17.9 Å². The maximum absolute atomic E-state index is 5.31. The van der Waals surface area contributed by atoms with E-state index in [1.54, 1.807) is 21.3 Å². The SMILES string of the molecule is COc1ccc(C#Cc2c(OC)cccc2OC)cc1. The van der Waals surface area contributed by atoms with Crippen molar-refractivity contribution in [1.82, 2.24) is 0 Å². The van der Waals surface area contributed by atoms with Gasteiger partial charge in [-0.2, -0.15) is 0 Å². The van der Waals surface area contributed by atoms with Crippen LogP contribution in [0.15, 0.2) is 42.5 Å². The van der Waals surface area contributed by atoms with Gasteiger partial charge in [-0.15, -0.1) is 0 Å². The van der Waals surface area contributed by atoms with Gasteiger partial charge in [-0.05, 0) is 36.4 Å². The van der Waals surface area contributed by atoms with Crippen LogP contribution in [0.2, 0.25) is 0 Å². The van der Waals surface area contributed by atoms with E-state index in [0.717, 1.165) is 16.9 Å². The van der Waals surface area contributed by atoms with Crippen molar-refractivity contribution in [2.45, 2.75) is 0 Å². The van der Waals surface area contributed by atoms with Gasteiger partial charge in [-0.25, -0.2) is 0 Å². The maximum Gasteiger partial charge on any atom is 0.138 e. The van der Waals surface area contributed by atoms with Crippen molar-refractivity contribution in [3.63, 3.8) is 0 Å². The lowest BCUT2D eigenvalue weighted by atomic mass is 10.1. The Labute approximate surface area is 119 Å². The molecule has 0 fully saturated rings. The van der Waals surface area contributed by atoms with Crippen LogP contribution in [0.25, 0.3) is 0 Å². The molecular formula is C17H16O3. The third kappa shape index (κ3) is 3.04. The molecule has 0 saturated carbocycles. The van der Waals surface area contributed by atoms with Gasteiger partial charge in [0, 0.05) is 5.56 Å². The summed E-state index contributed by atoms with van der Waals surface area (Å²) in [5.74, 6) is 8.40. The van der Waals surface area contributed by atoms with Crippen LogP contribution in [0.4, 0.5) is 0 Å². The van der Waals surface area contributed by atoms with Crippen molar-refractivity contribution in [1.29, 1.82) is 0 Å². The fourth-order valence-electron chi connectivity index (χ4n) is 1.78. The standard InChI is InChI=1S/C17H16O3/c1-18-14-10-7-13(8-11-14)9-12-15-16(19-2)5-4-6-17(15)20-3/h4-8,10-11H,1-3H3. The minimum absolute atomic E-state index is 0.699. The van der Waals surface area contributed by atoms with Crippen molar-refractivity contribution in [2.75, 3.05) is 21.3 Å². The first-order valence-electron chi connectivity index (χ1n) is 6.15. The van der Waals surface area contributed by atoms with E-state index < -0.39 is 0 Å². The average Bonchev–Trinajstić information content (AvgIpc) is 2.52. The smallest absolute Gasteiger partial charge is 0.138 e. The monoisotopic (exact) mass is 268 g/mol. The van der Waals surface area contributed by atoms with Gasteiger partial charge < -0.3 is 14.2 Å². The minimum atomic E-state index is 0.699. The lowest BCUT2D eigenvalue weighted by Crippen LogP contribution is -1.92. The van der Waals surface area contributed by atoms with Crippen LogP contribution in [-0.2, 0) is 0 Å². The molecule has 2 rings (SSSR count). The van der Waals surface area contributed by atoms with E-state index in [2.05, 4.69) is 11.8 Å². The fraction of sp³-hybridized carbons (Fsp3) is 0.176. The van der Waals surface area contributed by atoms with Gasteiger partial charge in [0.2, 0.25) is 0 Å². The number of ether oxygens (including phenoxy) is 3. The quantitative estimate of drug-likeness (QED) is 0.800. The van der Waals surface area contributed by atoms with E-state index in [0.29, 0.717) is 11.5 Å². The van der Waals surface area contributed by atoms with E-state index >= 15 is 0 Å². The second-order valence-corrected chi connectivity index (χ2v) is 4.02. The number of hydrogen-bond donors (Lipinski definition) is 0. The van der Waals surface area contributed by atoms with Crippen molar-refractivity contribution >= 4 is 0 Å². The molecule has 20 heavy (non-hydrogen) atoms. The second-order valence-electron chi connectivity index (χ2n) is 4.02. The molecule has 0 N–H and O–H groups in total. The third-order valence-electron chi connectivity index (χ3n) is 2.85. The highest BCUT2D eigenvalue weighted by Gasteiger charge is 2.06. The molecule has 2 aromatic carbocycles. The average molecular weight is 268 g/mol. The van der Waals surface area contributed by atoms with Gasteiger partial charge in [-0.3, -0.25) is 0 Å². The Bertz CT molecular complexity index is 611. The zero-order valence-electron chi connectivity index (χ0n) is 11.8. The Morgan fingerprint density at radius 1 is 0.700 bits per heavy atom. The second kappa shape index (κ2) is 6.53. The normalized spacial score (nSPS) is 9.35. The zero-order chi connectivity index (χ0) is 14.4. The Morgan fingerprint density at radius 3 is 1.80 bits per heavy atom. The van der Waals surface area contributed by atoms with Crippen LogP contribution in [0.1, 0.15) is 11.1 Å². The molecular weight excluding hydrogens is 252 g/mol. The van der Waals surface area contributed by atoms with Gasteiger partial charge in [0.1, 0.15) is 22.8 Å². The molecule has 2 aromatic rings. The summed E-state index contributed by atoms with van der Waals surface area (Å²) in [6, 6.07) is 13.2. The molecule has 0 amide bonds. The van der Waals surface area contributed by atoms with E-state index in [9.17, 15) is 0 Å². The first-order valence-corrected chi connectivity index (χ1v) is 6.15. The Kier molecular flexibility index (Phi) is 4.52. The Morgan fingerprint density at radius 2 is 1.30 bits per heavy atom. The molecule has 0 saturated heterocycles. The molecule has 0 aliphatic heterocycles. The van der Waals surface area contributed by atoms with Crippen molar-refractivity contribution in [2.24, 2.45) is 0 Å². The van der Waals surface area contributed by atoms with Crippen LogP contribution < -0.4 is 14.2 Å². The molecule has 0 bridgehead atoms. The Balaban J connectivity index is 2.36. The summed E-state index contributed by atoms with van der Waals surface area (Å²) in [6.45, 7) is 0. The highest BCUT2D eigenvalue weighted by Crippen LogP contribution is 2.27. The van der Waals surface area contributed by atoms with Gasteiger partial charge >= 0.3 is 0 Å². The molecule has 0 spiro atoms. The lowest BCUT2D eigenvalue weighted by Gasteiger charge is -2.07. The minimum Gasteiger partial charge on any atom is -0.497 e. The number of rotatable bonds is 3. The maximum atomic E-state index is 5.31. The third-order valence-corrected chi connectivity index (χ3v) is 2.85. The topological polar surface area (TPSA) is 27.7 Å². The van der Waals surface area contributed by atoms with Gasteiger partial charge in [0.05, 0.1) is 21.3 Å². The largest absolute Gasteiger partial charge is 0.497 e. The summed E-state index contributed by atoms with van der Waals surface area (Å²) in [5.41, 5.74) is 1.65. The van der Waals surface area contributed by atoms with Crippen LogP contribution >= 0.6 is 0 Å². The summed E-state index contributed by atoms with van der Waals surface area (Å²) in [5, 5.41) is 0. The fourth-order valence-corrected chi connectivity index (χ4v) is 1.78. The highest BCUT2D eigenvalue weighted by molar-refractivity contribution is 5.57. The lowest BCUT2D eigenvalue weighted by molar-refractivity contribution is 0.392. The summed E-state index contributed by atoms with van der Waals surface area (Å²) >= 11 is 0. The summed E-state index contributed by atoms with van der Waals surface area (Å²) < 4.78 is 15.7. The predicted octanol–water partition coefficient (Wildman–Crippen LogP) is 3.11. The first-order chi connectivity index (χ1) is 9.78. The van der Waals surface area contributed by atoms with E-state index in [4.69, 9.17) is 14.2 Å². The van der Waals surface area contributed by atoms with Crippen molar-refractivity contribution in [3.05, 3.63) is 53.6 Å². The Hall–Kier alpha value is -2.60. The van der Waals surface area contributed by atoms with Crippen molar-refractivity contribution < 1.29 is 14.2 Å². The van der Waals surface area contributed by atoms with Gasteiger partial charge in [0.15, 0.2) is 0 Å². The number of hydrogen-bond acceptors (Lipinski definition) is 3. The first kappa shape index (κ1) is 13.8. The summed E-state index contributed by atoms with van der Waals surface area (Å²) in [6.07, 6.45) is 0. The van der Waals surface area contributed by atoms with E-state index in [1.807, 2.05) is 42.5 Å².